The van der Waals surface area contributed by atoms with Gasteiger partial charge in [-0.25, -0.2) is 0 Å². The minimum absolute atomic E-state index is 0.0941. The maximum absolute atomic E-state index is 10.6. The monoisotopic (exact) mass is 554 g/mol. The lowest BCUT2D eigenvalue weighted by Crippen LogP contribution is -2.18. The highest BCUT2D eigenvalue weighted by atomic mass is 16.5. The molecule has 0 aliphatic heterocycles. The van der Waals surface area contributed by atoms with Crippen LogP contribution in [0, 0.1) is 0 Å². The molecule has 0 amide bonds. The van der Waals surface area contributed by atoms with Crippen LogP contribution in [-0.4, -0.2) is 24.4 Å². The van der Waals surface area contributed by atoms with Crippen LogP contribution in [0.5, 0.6) is 11.5 Å². The molecule has 7 rings (SSSR count). The number of hydrogen-bond acceptors (Lipinski definition) is 4. The molecule has 2 N–H and O–H groups in total. The molecule has 0 bridgehead atoms. The SMILES string of the molecule is COc1cc2c(cc1-c1ccccc1)CCc1c(CO)c(CO)c3c(c1-2)-c1cc(OC)c(-c2ccccc2)cc1CC3. The number of aliphatic hydroxyl groups is 2. The Balaban J connectivity index is 1.53. The van der Waals surface area contributed by atoms with E-state index in [4.69, 9.17) is 9.47 Å². The van der Waals surface area contributed by atoms with Crippen LogP contribution in [0.15, 0.2) is 84.9 Å². The van der Waals surface area contributed by atoms with Crippen LogP contribution in [0.4, 0.5) is 0 Å². The first-order valence-electron chi connectivity index (χ1n) is 14.6. The molecular formula is C38H34O4. The fraction of sp³-hybridized carbons (Fsp3) is 0.211. The highest BCUT2D eigenvalue weighted by Gasteiger charge is 2.32. The number of rotatable bonds is 6. The summed E-state index contributed by atoms with van der Waals surface area (Å²) in [5.41, 5.74) is 15.5. The van der Waals surface area contributed by atoms with E-state index < -0.39 is 0 Å². The standard InChI is InChI=1S/C38H34O4/c1-41-35-19-31-25(17-29(35)23-9-5-3-6-10-23)13-15-27-33(21-39)34(22-40)28-16-14-26-18-30(24-11-7-4-8-12-24)36(42-2)20-32(26)38(28)37(27)31/h3-12,17-20,39-40H,13-16,21-22H2,1-2H3. The van der Waals surface area contributed by atoms with Crippen molar-refractivity contribution >= 4 is 0 Å². The van der Waals surface area contributed by atoms with Crippen LogP contribution >= 0.6 is 0 Å². The fourth-order valence-corrected chi connectivity index (χ4v) is 7.17. The van der Waals surface area contributed by atoms with Crippen LogP contribution in [0.3, 0.4) is 0 Å². The van der Waals surface area contributed by atoms with Crippen molar-refractivity contribution in [3.05, 3.63) is 118 Å². The number of methoxy groups -OCH3 is 2. The van der Waals surface area contributed by atoms with Crippen molar-refractivity contribution in [2.24, 2.45) is 0 Å². The number of hydrogen-bond donors (Lipinski definition) is 2. The maximum atomic E-state index is 10.6. The quantitative estimate of drug-likeness (QED) is 0.228. The summed E-state index contributed by atoms with van der Waals surface area (Å²) in [5.74, 6) is 1.65. The van der Waals surface area contributed by atoms with Gasteiger partial charge in [0.1, 0.15) is 11.5 Å². The Hall–Kier alpha value is -4.38. The highest BCUT2D eigenvalue weighted by Crippen LogP contribution is 2.52. The number of aliphatic hydroxyl groups excluding tert-OH is 2. The van der Waals surface area contributed by atoms with Gasteiger partial charge in [0.25, 0.3) is 0 Å². The molecule has 0 radical (unpaired) electrons. The minimum atomic E-state index is -0.0941. The minimum Gasteiger partial charge on any atom is -0.496 e. The largest absolute Gasteiger partial charge is 0.496 e. The van der Waals surface area contributed by atoms with E-state index in [9.17, 15) is 10.2 Å². The summed E-state index contributed by atoms with van der Waals surface area (Å²) < 4.78 is 12.0. The molecule has 0 saturated heterocycles. The van der Waals surface area contributed by atoms with Gasteiger partial charge >= 0.3 is 0 Å². The highest BCUT2D eigenvalue weighted by molar-refractivity contribution is 5.96. The number of ether oxygens (including phenoxy) is 2. The third-order valence-electron chi connectivity index (χ3n) is 9.11. The van der Waals surface area contributed by atoms with Gasteiger partial charge in [-0.2, -0.15) is 0 Å². The number of fused-ring (bicyclic) bond motifs is 7. The summed E-state index contributed by atoms with van der Waals surface area (Å²) in [6.45, 7) is -0.188. The van der Waals surface area contributed by atoms with Crippen LogP contribution in [0.2, 0.25) is 0 Å². The Morgan fingerprint density at radius 3 is 1.29 bits per heavy atom. The van der Waals surface area contributed by atoms with E-state index in [0.29, 0.717) is 0 Å². The third kappa shape index (κ3) is 4.13. The van der Waals surface area contributed by atoms with Crippen LogP contribution in [0.25, 0.3) is 44.5 Å². The molecular weight excluding hydrogens is 520 g/mol. The van der Waals surface area contributed by atoms with Gasteiger partial charge in [0.05, 0.1) is 27.4 Å². The van der Waals surface area contributed by atoms with Crippen molar-refractivity contribution in [3.8, 4) is 56.0 Å². The third-order valence-corrected chi connectivity index (χ3v) is 9.11. The topological polar surface area (TPSA) is 58.9 Å². The molecule has 4 nitrogen and oxygen atoms in total. The average molecular weight is 555 g/mol. The van der Waals surface area contributed by atoms with Gasteiger partial charge < -0.3 is 19.7 Å². The lowest BCUT2D eigenvalue weighted by Gasteiger charge is -2.33. The Morgan fingerprint density at radius 2 is 0.929 bits per heavy atom. The molecule has 0 spiro atoms. The van der Waals surface area contributed by atoms with Crippen LogP contribution < -0.4 is 9.47 Å². The zero-order valence-electron chi connectivity index (χ0n) is 24.0. The van der Waals surface area contributed by atoms with Gasteiger partial charge in [-0.15, -0.1) is 0 Å². The normalized spacial score (nSPS) is 13.0. The van der Waals surface area contributed by atoms with Crippen LogP contribution in [0.1, 0.15) is 33.4 Å². The summed E-state index contributed by atoms with van der Waals surface area (Å²) in [6.07, 6.45) is 3.30. The number of aryl methyl sites for hydroxylation is 2. The molecule has 5 aromatic carbocycles. The first-order chi connectivity index (χ1) is 20.7. The van der Waals surface area contributed by atoms with Gasteiger partial charge in [-0.3, -0.25) is 0 Å². The molecule has 0 aromatic heterocycles. The molecule has 42 heavy (non-hydrogen) atoms. The lowest BCUT2D eigenvalue weighted by molar-refractivity contribution is 0.258. The Labute approximate surface area is 246 Å². The molecule has 0 fully saturated rings. The molecule has 5 aromatic rings. The summed E-state index contributed by atoms with van der Waals surface area (Å²) in [7, 11) is 3.46. The summed E-state index contributed by atoms with van der Waals surface area (Å²) in [5, 5.41) is 21.3. The van der Waals surface area contributed by atoms with Crippen molar-refractivity contribution in [3.63, 3.8) is 0 Å². The van der Waals surface area contributed by atoms with Crippen molar-refractivity contribution in [2.45, 2.75) is 38.9 Å². The number of benzene rings is 5. The van der Waals surface area contributed by atoms with Gasteiger partial charge in [0, 0.05) is 11.1 Å². The van der Waals surface area contributed by atoms with Crippen molar-refractivity contribution in [2.75, 3.05) is 14.2 Å². The second kappa shape index (κ2) is 10.8. The second-order valence-electron chi connectivity index (χ2n) is 11.1. The van der Waals surface area contributed by atoms with Crippen molar-refractivity contribution in [1.82, 2.24) is 0 Å². The van der Waals surface area contributed by atoms with Gasteiger partial charge in [-0.1, -0.05) is 60.7 Å². The van der Waals surface area contributed by atoms with E-state index in [0.717, 1.165) is 104 Å². The molecule has 0 heterocycles. The van der Waals surface area contributed by atoms with Gasteiger partial charge in [0.2, 0.25) is 0 Å². The van der Waals surface area contributed by atoms with E-state index in [1.54, 1.807) is 14.2 Å². The van der Waals surface area contributed by atoms with Gasteiger partial charge in [-0.05, 0) is 117 Å². The Bertz CT molecular complexity index is 1670. The van der Waals surface area contributed by atoms with E-state index in [1.165, 1.54) is 11.1 Å². The second-order valence-corrected chi connectivity index (χ2v) is 11.1. The van der Waals surface area contributed by atoms with Gasteiger partial charge in [0.15, 0.2) is 0 Å². The molecule has 2 aliphatic carbocycles. The predicted octanol–water partition coefficient (Wildman–Crippen LogP) is 7.55. The summed E-state index contributed by atoms with van der Waals surface area (Å²) in [4.78, 5) is 0. The predicted molar refractivity (Wildman–Crippen MR) is 168 cm³/mol. The van der Waals surface area contributed by atoms with Crippen molar-refractivity contribution in [1.29, 1.82) is 0 Å². The van der Waals surface area contributed by atoms with E-state index in [1.807, 2.05) is 12.1 Å². The maximum Gasteiger partial charge on any atom is 0.127 e. The van der Waals surface area contributed by atoms with E-state index >= 15 is 0 Å². The summed E-state index contributed by atoms with van der Waals surface area (Å²) in [6, 6.07) is 29.7. The summed E-state index contributed by atoms with van der Waals surface area (Å²) >= 11 is 0. The Kier molecular flexibility index (Phi) is 6.81. The Morgan fingerprint density at radius 1 is 0.524 bits per heavy atom. The molecule has 0 unspecified atom stereocenters. The first kappa shape index (κ1) is 26.5. The van der Waals surface area contributed by atoms with Crippen LogP contribution in [-0.2, 0) is 38.9 Å². The average Bonchev–Trinajstić information content (AvgIpc) is 3.06. The van der Waals surface area contributed by atoms with E-state index in [-0.39, 0.29) is 13.2 Å². The fourth-order valence-electron chi connectivity index (χ4n) is 7.17. The molecule has 0 atom stereocenters. The van der Waals surface area contributed by atoms with Crippen molar-refractivity contribution < 1.29 is 19.7 Å². The molecule has 2 aliphatic rings. The zero-order chi connectivity index (χ0) is 28.8. The lowest BCUT2D eigenvalue weighted by atomic mass is 9.71. The first-order valence-corrected chi connectivity index (χ1v) is 14.6. The van der Waals surface area contributed by atoms with E-state index in [2.05, 4.69) is 72.8 Å². The molecule has 210 valence electrons. The molecule has 4 heteroatoms. The molecule has 0 saturated carbocycles. The zero-order valence-corrected chi connectivity index (χ0v) is 24.0. The smallest absolute Gasteiger partial charge is 0.127 e.